The Morgan fingerprint density at radius 1 is 1.24 bits per heavy atom. The van der Waals surface area contributed by atoms with Gasteiger partial charge in [-0.25, -0.2) is 0 Å². The van der Waals surface area contributed by atoms with Gasteiger partial charge in [0.25, 0.3) is 0 Å². The van der Waals surface area contributed by atoms with Crippen LogP contribution in [0.5, 0.6) is 0 Å². The van der Waals surface area contributed by atoms with Crippen molar-refractivity contribution in [2.45, 2.75) is 39.0 Å². The van der Waals surface area contributed by atoms with E-state index in [9.17, 15) is 4.79 Å². The minimum Gasteiger partial charge on any atom is -0.356 e. The lowest BCUT2D eigenvalue weighted by atomic mass is 9.83. The van der Waals surface area contributed by atoms with Gasteiger partial charge in [0.2, 0.25) is 5.91 Å². The molecule has 1 amide bonds. The minimum atomic E-state index is 0. The van der Waals surface area contributed by atoms with Crippen LogP contribution in [0.1, 0.15) is 39.0 Å². The van der Waals surface area contributed by atoms with Gasteiger partial charge in [0.05, 0.1) is 5.92 Å². The van der Waals surface area contributed by atoms with Gasteiger partial charge in [-0.15, -0.1) is 12.4 Å². The largest absolute Gasteiger partial charge is 0.356 e. The zero-order chi connectivity index (χ0) is 11.4. The van der Waals surface area contributed by atoms with Crippen molar-refractivity contribution in [2.24, 2.45) is 17.8 Å². The van der Waals surface area contributed by atoms with Gasteiger partial charge >= 0.3 is 0 Å². The third kappa shape index (κ3) is 4.47. The number of amides is 1. The molecule has 0 aromatic carbocycles. The molecule has 0 spiro atoms. The van der Waals surface area contributed by atoms with E-state index in [0.717, 1.165) is 37.9 Å². The average molecular weight is 261 g/mol. The Balaban J connectivity index is 0.00000144. The van der Waals surface area contributed by atoms with Gasteiger partial charge < -0.3 is 10.6 Å². The molecule has 3 nitrogen and oxygen atoms in total. The van der Waals surface area contributed by atoms with Crippen molar-refractivity contribution < 1.29 is 4.79 Å². The van der Waals surface area contributed by atoms with E-state index in [1.165, 1.54) is 25.7 Å². The van der Waals surface area contributed by atoms with E-state index in [2.05, 4.69) is 17.6 Å². The highest BCUT2D eigenvalue weighted by molar-refractivity contribution is 5.85. The Hall–Kier alpha value is -0.280. The molecule has 2 fully saturated rings. The first kappa shape index (κ1) is 14.8. The van der Waals surface area contributed by atoms with Crippen molar-refractivity contribution in [3.8, 4) is 0 Å². The van der Waals surface area contributed by atoms with Crippen LogP contribution in [0.3, 0.4) is 0 Å². The molecule has 100 valence electrons. The summed E-state index contributed by atoms with van der Waals surface area (Å²) in [5.74, 6) is 2.12. The second-order valence-corrected chi connectivity index (χ2v) is 5.56. The number of carbonyl (C=O) groups excluding carboxylic acids is 1. The van der Waals surface area contributed by atoms with Crippen LogP contribution in [0.15, 0.2) is 0 Å². The van der Waals surface area contributed by atoms with Gasteiger partial charge in [0, 0.05) is 13.1 Å². The van der Waals surface area contributed by atoms with E-state index < -0.39 is 0 Å². The zero-order valence-electron chi connectivity index (χ0n) is 10.7. The predicted octanol–water partition coefficient (Wildman–Crippen LogP) is 1.96. The fourth-order valence-corrected chi connectivity index (χ4v) is 2.80. The van der Waals surface area contributed by atoms with Gasteiger partial charge in [-0.3, -0.25) is 4.79 Å². The molecule has 0 radical (unpaired) electrons. The lowest BCUT2D eigenvalue weighted by Crippen LogP contribution is -2.36. The number of halogens is 1. The predicted molar refractivity (Wildman–Crippen MR) is 72.4 cm³/mol. The molecule has 4 heteroatoms. The fourth-order valence-electron chi connectivity index (χ4n) is 2.80. The van der Waals surface area contributed by atoms with Gasteiger partial charge in [0.1, 0.15) is 0 Å². The summed E-state index contributed by atoms with van der Waals surface area (Å²) >= 11 is 0. The molecule has 1 heterocycles. The molecule has 1 saturated carbocycles. The van der Waals surface area contributed by atoms with Crippen molar-refractivity contribution in [1.29, 1.82) is 0 Å². The number of carbonyl (C=O) groups is 1. The molecule has 1 saturated heterocycles. The molecular formula is C13H25ClN2O. The molecular weight excluding hydrogens is 236 g/mol. The summed E-state index contributed by atoms with van der Waals surface area (Å²) in [6, 6.07) is 0. The van der Waals surface area contributed by atoms with Crippen LogP contribution < -0.4 is 10.6 Å². The molecule has 2 N–H and O–H groups in total. The monoisotopic (exact) mass is 260 g/mol. The lowest BCUT2D eigenvalue weighted by Gasteiger charge is -2.26. The van der Waals surface area contributed by atoms with Crippen LogP contribution in [-0.4, -0.2) is 25.5 Å². The molecule has 2 aliphatic rings. The van der Waals surface area contributed by atoms with E-state index >= 15 is 0 Å². The number of nitrogens with one attached hydrogen (secondary N) is 2. The summed E-state index contributed by atoms with van der Waals surface area (Å²) in [5, 5.41) is 6.37. The van der Waals surface area contributed by atoms with Gasteiger partial charge in [-0.05, 0) is 37.6 Å². The Bertz CT molecular complexity index is 234. The minimum absolute atomic E-state index is 0. The highest BCUT2D eigenvalue weighted by Crippen LogP contribution is 2.27. The topological polar surface area (TPSA) is 41.1 Å². The normalized spacial score (nSPS) is 32.9. The fraction of sp³-hybridized carbons (Fsp3) is 0.923. The summed E-state index contributed by atoms with van der Waals surface area (Å²) < 4.78 is 0. The maximum absolute atomic E-state index is 11.8. The molecule has 1 unspecified atom stereocenters. The SMILES string of the molecule is CC1CCC(CNC(=O)C2CCNC2)CC1.Cl. The summed E-state index contributed by atoms with van der Waals surface area (Å²) in [6.07, 6.45) is 6.28. The van der Waals surface area contributed by atoms with E-state index in [0.29, 0.717) is 0 Å². The highest BCUT2D eigenvalue weighted by atomic mass is 35.5. The second-order valence-electron chi connectivity index (χ2n) is 5.56. The zero-order valence-corrected chi connectivity index (χ0v) is 11.5. The van der Waals surface area contributed by atoms with Crippen LogP contribution in [0.25, 0.3) is 0 Å². The smallest absolute Gasteiger partial charge is 0.224 e. The molecule has 0 bridgehead atoms. The number of hydrogen-bond donors (Lipinski definition) is 2. The van der Waals surface area contributed by atoms with Crippen LogP contribution in [0.4, 0.5) is 0 Å². The van der Waals surface area contributed by atoms with E-state index in [-0.39, 0.29) is 24.2 Å². The Morgan fingerprint density at radius 3 is 2.53 bits per heavy atom. The molecule has 17 heavy (non-hydrogen) atoms. The Morgan fingerprint density at radius 2 is 1.94 bits per heavy atom. The van der Waals surface area contributed by atoms with E-state index in [1.54, 1.807) is 0 Å². The third-order valence-electron chi connectivity index (χ3n) is 4.13. The first-order chi connectivity index (χ1) is 7.75. The summed E-state index contributed by atoms with van der Waals surface area (Å²) in [4.78, 5) is 11.8. The molecule has 0 aromatic rings. The van der Waals surface area contributed by atoms with Crippen molar-refractivity contribution >= 4 is 18.3 Å². The standard InChI is InChI=1S/C13H24N2O.ClH/c1-10-2-4-11(5-3-10)8-15-13(16)12-6-7-14-9-12;/h10-12,14H,2-9H2,1H3,(H,15,16);1H. The summed E-state index contributed by atoms with van der Waals surface area (Å²) in [6.45, 7) is 5.10. The molecule has 1 atom stereocenters. The molecule has 0 aromatic heterocycles. The summed E-state index contributed by atoms with van der Waals surface area (Å²) in [5.41, 5.74) is 0. The van der Waals surface area contributed by atoms with Crippen molar-refractivity contribution in [3.05, 3.63) is 0 Å². The Kier molecular flexibility index (Phi) is 6.28. The maximum atomic E-state index is 11.8. The van der Waals surface area contributed by atoms with Gasteiger partial charge in [-0.2, -0.15) is 0 Å². The number of rotatable bonds is 3. The maximum Gasteiger partial charge on any atom is 0.224 e. The quantitative estimate of drug-likeness (QED) is 0.815. The molecule has 2 rings (SSSR count). The van der Waals surface area contributed by atoms with Crippen molar-refractivity contribution in [3.63, 3.8) is 0 Å². The average Bonchev–Trinajstić information content (AvgIpc) is 2.81. The van der Waals surface area contributed by atoms with Crippen LogP contribution in [0, 0.1) is 17.8 Å². The first-order valence-corrected chi connectivity index (χ1v) is 6.74. The van der Waals surface area contributed by atoms with Crippen molar-refractivity contribution in [2.75, 3.05) is 19.6 Å². The highest BCUT2D eigenvalue weighted by Gasteiger charge is 2.24. The van der Waals surface area contributed by atoms with Crippen LogP contribution >= 0.6 is 12.4 Å². The molecule has 1 aliphatic heterocycles. The lowest BCUT2D eigenvalue weighted by molar-refractivity contribution is -0.124. The third-order valence-corrected chi connectivity index (χ3v) is 4.13. The van der Waals surface area contributed by atoms with E-state index in [1.807, 2.05) is 0 Å². The summed E-state index contributed by atoms with van der Waals surface area (Å²) in [7, 11) is 0. The van der Waals surface area contributed by atoms with Gasteiger partial charge in [-0.1, -0.05) is 19.8 Å². The molecule has 1 aliphatic carbocycles. The van der Waals surface area contributed by atoms with Gasteiger partial charge in [0.15, 0.2) is 0 Å². The Labute approximate surface area is 111 Å². The van der Waals surface area contributed by atoms with Crippen molar-refractivity contribution in [1.82, 2.24) is 10.6 Å². The van der Waals surface area contributed by atoms with Crippen LogP contribution in [0.2, 0.25) is 0 Å². The first-order valence-electron chi connectivity index (χ1n) is 6.74. The van der Waals surface area contributed by atoms with E-state index in [4.69, 9.17) is 0 Å². The number of hydrogen-bond acceptors (Lipinski definition) is 2. The second kappa shape index (κ2) is 7.22. The van der Waals surface area contributed by atoms with Crippen LogP contribution in [-0.2, 0) is 4.79 Å².